The van der Waals surface area contributed by atoms with Gasteiger partial charge in [-0.25, -0.2) is 0 Å². The second-order valence-electron chi connectivity index (χ2n) is 6.91. The van der Waals surface area contributed by atoms with Crippen LogP contribution in [0.1, 0.15) is 49.4 Å². The number of piperidine rings is 1. The van der Waals surface area contributed by atoms with Gasteiger partial charge in [0, 0.05) is 24.2 Å². The van der Waals surface area contributed by atoms with E-state index in [1.165, 1.54) is 12.8 Å². The van der Waals surface area contributed by atoms with Gasteiger partial charge in [0.25, 0.3) is 5.91 Å². The maximum absolute atomic E-state index is 12.9. The lowest BCUT2D eigenvalue weighted by molar-refractivity contribution is 0.0700. The molecule has 0 radical (unpaired) electrons. The minimum atomic E-state index is 0.0317. The van der Waals surface area contributed by atoms with E-state index >= 15 is 0 Å². The van der Waals surface area contributed by atoms with Crippen LogP contribution in [-0.2, 0) is 0 Å². The Bertz CT molecular complexity index is 566. The molecule has 24 heavy (non-hydrogen) atoms. The van der Waals surface area contributed by atoms with Gasteiger partial charge in [0.05, 0.1) is 12.2 Å². The number of nitrogens with one attached hydrogen (secondary N) is 1. The molecule has 1 saturated heterocycles. The molecule has 0 bridgehead atoms. The topological polar surface area (TPSA) is 41.6 Å². The number of nitrogens with zero attached hydrogens (tertiary/aromatic N) is 1. The fraction of sp³-hybridized carbons (Fsp3) is 0.632. The van der Waals surface area contributed by atoms with E-state index in [1.54, 1.807) is 18.2 Å². The molecule has 1 amide bonds. The number of likely N-dealkylation sites (tertiary alicyclic amines) is 1. The molecule has 2 fully saturated rings. The second kappa shape index (κ2) is 8.21. The van der Waals surface area contributed by atoms with Crippen molar-refractivity contribution in [1.82, 2.24) is 10.2 Å². The lowest BCUT2D eigenvalue weighted by Crippen LogP contribution is -2.45. The highest BCUT2D eigenvalue weighted by molar-refractivity contribution is 6.31. The van der Waals surface area contributed by atoms with Gasteiger partial charge >= 0.3 is 0 Å². The maximum Gasteiger partial charge on any atom is 0.257 e. The van der Waals surface area contributed by atoms with Gasteiger partial charge in [-0.15, -0.1) is 0 Å². The summed E-state index contributed by atoms with van der Waals surface area (Å²) in [7, 11) is 0. The van der Waals surface area contributed by atoms with Crippen molar-refractivity contribution in [3.63, 3.8) is 0 Å². The molecule has 4 nitrogen and oxygen atoms in total. The molecule has 1 aliphatic carbocycles. The maximum atomic E-state index is 12.9. The highest BCUT2D eigenvalue weighted by Crippen LogP contribution is 2.29. The fourth-order valence-electron chi connectivity index (χ4n) is 3.12. The first-order valence-corrected chi connectivity index (χ1v) is 9.50. The molecular weight excluding hydrogens is 324 g/mol. The third kappa shape index (κ3) is 4.64. The molecule has 0 aromatic heterocycles. The van der Waals surface area contributed by atoms with Gasteiger partial charge < -0.3 is 15.0 Å². The van der Waals surface area contributed by atoms with Gasteiger partial charge in [-0.05, 0) is 62.8 Å². The minimum Gasteiger partial charge on any atom is -0.493 e. The summed E-state index contributed by atoms with van der Waals surface area (Å²) in [4.78, 5) is 14.8. The average Bonchev–Trinajstić information content (AvgIpc) is 3.43. The molecule has 0 unspecified atom stereocenters. The van der Waals surface area contributed by atoms with Crippen molar-refractivity contribution < 1.29 is 9.53 Å². The van der Waals surface area contributed by atoms with Crippen LogP contribution in [0.25, 0.3) is 0 Å². The third-order valence-electron chi connectivity index (χ3n) is 4.81. The molecule has 0 atom stereocenters. The van der Waals surface area contributed by atoms with Crippen LogP contribution in [0, 0.1) is 5.92 Å². The summed E-state index contributed by atoms with van der Waals surface area (Å²) in [6, 6.07) is 5.85. The first kappa shape index (κ1) is 17.6. The van der Waals surface area contributed by atoms with E-state index in [9.17, 15) is 4.79 Å². The quantitative estimate of drug-likeness (QED) is 0.814. The number of benzene rings is 1. The first-order valence-electron chi connectivity index (χ1n) is 9.12. The summed E-state index contributed by atoms with van der Waals surface area (Å²) in [5.41, 5.74) is 0.584. The number of amides is 1. The van der Waals surface area contributed by atoms with E-state index in [4.69, 9.17) is 16.3 Å². The van der Waals surface area contributed by atoms with E-state index in [0.717, 1.165) is 44.8 Å². The van der Waals surface area contributed by atoms with Crippen LogP contribution in [0.4, 0.5) is 0 Å². The number of hydrogen-bond donors (Lipinski definition) is 1. The van der Waals surface area contributed by atoms with Crippen LogP contribution < -0.4 is 10.1 Å². The SMILES string of the molecule is CCCOc1ccc(Cl)cc1C(=O)N1CCC(NCC2CC2)CC1. The standard InChI is InChI=1S/C19H27ClN2O2/c1-2-11-24-18-6-5-15(20)12-17(18)19(23)22-9-7-16(8-10-22)21-13-14-3-4-14/h5-6,12,14,16,21H,2-4,7-11,13H2,1H3. The van der Waals surface area contributed by atoms with Gasteiger partial charge in [0.2, 0.25) is 0 Å². The van der Waals surface area contributed by atoms with Crippen molar-refractivity contribution in [1.29, 1.82) is 0 Å². The third-order valence-corrected chi connectivity index (χ3v) is 5.04. The molecule has 2 aliphatic rings. The first-order chi connectivity index (χ1) is 11.7. The summed E-state index contributed by atoms with van der Waals surface area (Å²) in [6.07, 6.45) is 5.70. The lowest BCUT2D eigenvalue weighted by atomic mass is 10.0. The summed E-state index contributed by atoms with van der Waals surface area (Å²) in [6.45, 7) is 5.38. The Morgan fingerprint density at radius 1 is 1.29 bits per heavy atom. The Morgan fingerprint density at radius 3 is 2.71 bits per heavy atom. The van der Waals surface area contributed by atoms with Crippen LogP contribution in [0.5, 0.6) is 5.75 Å². The Morgan fingerprint density at radius 2 is 2.04 bits per heavy atom. The highest BCUT2D eigenvalue weighted by atomic mass is 35.5. The fourth-order valence-corrected chi connectivity index (χ4v) is 3.29. The summed E-state index contributed by atoms with van der Waals surface area (Å²) in [5, 5.41) is 4.22. The molecule has 5 heteroatoms. The zero-order valence-corrected chi connectivity index (χ0v) is 15.1. The normalized spacial score (nSPS) is 18.7. The summed E-state index contributed by atoms with van der Waals surface area (Å²) >= 11 is 6.10. The van der Waals surface area contributed by atoms with Crippen molar-refractivity contribution in [2.45, 2.75) is 45.1 Å². The van der Waals surface area contributed by atoms with Gasteiger partial charge in [0.15, 0.2) is 0 Å². The van der Waals surface area contributed by atoms with E-state index in [1.807, 2.05) is 4.90 Å². The van der Waals surface area contributed by atoms with E-state index in [0.29, 0.717) is 29.0 Å². The van der Waals surface area contributed by atoms with Crippen LogP contribution in [0.2, 0.25) is 5.02 Å². The minimum absolute atomic E-state index is 0.0317. The van der Waals surface area contributed by atoms with Gasteiger partial charge in [-0.1, -0.05) is 18.5 Å². The summed E-state index contributed by atoms with van der Waals surface area (Å²) in [5.74, 6) is 1.57. The largest absolute Gasteiger partial charge is 0.493 e. The van der Waals surface area contributed by atoms with Gasteiger partial charge in [0.1, 0.15) is 5.75 Å². The molecule has 1 N–H and O–H groups in total. The highest BCUT2D eigenvalue weighted by Gasteiger charge is 2.27. The van der Waals surface area contributed by atoms with Crippen molar-refractivity contribution in [2.24, 2.45) is 5.92 Å². The Hall–Kier alpha value is -1.26. The Kier molecular flexibility index (Phi) is 6.01. The molecular formula is C19H27ClN2O2. The average molecular weight is 351 g/mol. The summed E-state index contributed by atoms with van der Waals surface area (Å²) < 4.78 is 5.73. The molecule has 132 valence electrons. The monoisotopic (exact) mass is 350 g/mol. The van der Waals surface area contributed by atoms with Crippen LogP contribution in [0.15, 0.2) is 18.2 Å². The van der Waals surface area contributed by atoms with Gasteiger partial charge in [-0.2, -0.15) is 0 Å². The Labute approximate surface area is 149 Å². The lowest BCUT2D eigenvalue weighted by Gasteiger charge is -2.33. The molecule has 1 aliphatic heterocycles. The number of carbonyl (C=O) groups is 1. The predicted octanol–water partition coefficient (Wildman–Crippen LogP) is 3.73. The number of ether oxygens (including phenoxy) is 1. The van der Waals surface area contributed by atoms with Gasteiger partial charge in [-0.3, -0.25) is 4.79 Å². The van der Waals surface area contributed by atoms with Crippen molar-refractivity contribution in [2.75, 3.05) is 26.2 Å². The van der Waals surface area contributed by atoms with Crippen LogP contribution in [0.3, 0.4) is 0 Å². The second-order valence-corrected chi connectivity index (χ2v) is 7.34. The van der Waals surface area contributed by atoms with Crippen molar-refractivity contribution >= 4 is 17.5 Å². The van der Waals surface area contributed by atoms with E-state index < -0.39 is 0 Å². The number of hydrogen-bond acceptors (Lipinski definition) is 3. The van der Waals surface area contributed by atoms with E-state index in [-0.39, 0.29) is 5.91 Å². The van der Waals surface area contributed by atoms with E-state index in [2.05, 4.69) is 12.2 Å². The molecule has 1 heterocycles. The van der Waals surface area contributed by atoms with Crippen LogP contribution in [-0.4, -0.2) is 43.1 Å². The Balaban J connectivity index is 1.58. The molecule has 1 saturated carbocycles. The molecule has 0 spiro atoms. The van der Waals surface area contributed by atoms with Crippen LogP contribution >= 0.6 is 11.6 Å². The molecule has 1 aromatic rings. The number of rotatable bonds is 7. The zero-order valence-electron chi connectivity index (χ0n) is 14.4. The molecule has 1 aromatic carbocycles. The van der Waals surface area contributed by atoms with Crippen molar-refractivity contribution in [3.05, 3.63) is 28.8 Å². The number of carbonyl (C=O) groups excluding carboxylic acids is 1. The zero-order chi connectivity index (χ0) is 16.9. The molecule has 3 rings (SSSR count). The van der Waals surface area contributed by atoms with Crippen molar-refractivity contribution in [3.8, 4) is 5.75 Å². The smallest absolute Gasteiger partial charge is 0.257 e. The number of halogens is 1. The predicted molar refractivity (Wildman–Crippen MR) is 96.9 cm³/mol.